The first kappa shape index (κ1) is 14.8. The van der Waals surface area contributed by atoms with Gasteiger partial charge in [0, 0.05) is 30.3 Å². The number of ether oxygens (including phenoxy) is 2. The molecule has 1 N–H and O–H groups in total. The second-order valence-electron chi connectivity index (χ2n) is 5.80. The molecule has 21 heavy (non-hydrogen) atoms. The Morgan fingerprint density at radius 2 is 2.24 bits per heavy atom. The van der Waals surface area contributed by atoms with E-state index < -0.39 is 0 Å². The van der Waals surface area contributed by atoms with Crippen molar-refractivity contribution in [1.82, 2.24) is 4.90 Å². The fourth-order valence-corrected chi connectivity index (χ4v) is 3.34. The van der Waals surface area contributed by atoms with Gasteiger partial charge < -0.3 is 14.6 Å². The Hall–Kier alpha value is -1.17. The van der Waals surface area contributed by atoms with Crippen LogP contribution in [0, 0.1) is 5.82 Å². The quantitative estimate of drug-likeness (QED) is 0.926. The highest BCUT2D eigenvalue weighted by Crippen LogP contribution is 2.32. The molecule has 116 valence electrons. The third kappa shape index (κ3) is 3.36. The molecule has 1 aromatic carbocycles. The molecule has 0 amide bonds. The molecule has 0 spiro atoms. The van der Waals surface area contributed by atoms with Gasteiger partial charge >= 0.3 is 0 Å². The highest BCUT2D eigenvalue weighted by atomic mass is 19.1. The van der Waals surface area contributed by atoms with Gasteiger partial charge in [0.1, 0.15) is 11.6 Å². The Balaban J connectivity index is 1.81. The van der Waals surface area contributed by atoms with Crippen LogP contribution in [0.4, 0.5) is 4.39 Å². The van der Waals surface area contributed by atoms with Crippen LogP contribution >= 0.6 is 0 Å². The standard InChI is InChI=1S/C16H22FNO3/c17-14-7-12(16-13(8-14)10-20-11-21-16)9-18-5-2-1-3-15(18)4-6-19/h7-8,15,19H,1-6,9-11H2. The minimum Gasteiger partial charge on any atom is -0.467 e. The predicted molar refractivity (Wildman–Crippen MR) is 76.4 cm³/mol. The number of halogens is 1. The molecule has 0 radical (unpaired) electrons. The summed E-state index contributed by atoms with van der Waals surface area (Å²) in [7, 11) is 0. The third-order valence-corrected chi connectivity index (χ3v) is 4.34. The van der Waals surface area contributed by atoms with Gasteiger partial charge in [0.25, 0.3) is 0 Å². The van der Waals surface area contributed by atoms with Crippen LogP contribution in [0.25, 0.3) is 0 Å². The Morgan fingerprint density at radius 3 is 3.10 bits per heavy atom. The summed E-state index contributed by atoms with van der Waals surface area (Å²) in [6, 6.07) is 3.43. The van der Waals surface area contributed by atoms with Gasteiger partial charge in [0.2, 0.25) is 0 Å². The van der Waals surface area contributed by atoms with Gasteiger partial charge in [0.15, 0.2) is 6.79 Å². The molecule has 1 fully saturated rings. The SMILES string of the molecule is OCCC1CCCCN1Cc1cc(F)cc2c1OCOC2. The van der Waals surface area contributed by atoms with Crippen molar-refractivity contribution in [3.05, 3.63) is 29.1 Å². The van der Waals surface area contributed by atoms with E-state index in [9.17, 15) is 9.50 Å². The summed E-state index contributed by atoms with van der Waals surface area (Å²) in [6.45, 7) is 2.50. The predicted octanol–water partition coefficient (Wildman–Crippen LogP) is 2.43. The number of rotatable bonds is 4. The Labute approximate surface area is 124 Å². The number of fused-ring (bicyclic) bond motifs is 1. The van der Waals surface area contributed by atoms with E-state index in [-0.39, 0.29) is 19.2 Å². The van der Waals surface area contributed by atoms with Crippen LogP contribution in [0.3, 0.4) is 0 Å². The van der Waals surface area contributed by atoms with Crippen LogP contribution in [0.5, 0.6) is 5.75 Å². The minimum atomic E-state index is -0.242. The largest absolute Gasteiger partial charge is 0.467 e. The molecule has 0 bridgehead atoms. The van der Waals surface area contributed by atoms with Gasteiger partial charge in [-0.15, -0.1) is 0 Å². The maximum atomic E-state index is 13.8. The topological polar surface area (TPSA) is 41.9 Å². The molecule has 1 unspecified atom stereocenters. The van der Waals surface area contributed by atoms with E-state index >= 15 is 0 Å². The summed E-state index contributed by atoms with van der Waals surface area (Å²) >= 11 is 0. The zero-order valence-electron chi connectivity index (χ0n) is 12.2. The average molecular weight is 295 g/mol. The number of aliphatic hydroxyl groups excluding tert-OH is 1. The smallest absolute Gasteiger partial charge is 0.189 e. The van der Waals surface area contributed by atoms with Crippen molar-refractivity contribution in [3.63, 3.8) is 0 Å². The lowest BCUT2D eigenvalue weighted by molar-refractivity contribution is -0.0180. The van der Waals surface area contributed by atoms with Gasteiger partial charge in [-0.3, -0.25) is 4.90 Å². The molecule has 0 aliphatic carbocycles. The Bertz CT molecular complexity index is 493. The fourth-order valence-electron chi connectivity index (χ4n) is 3.34. The van der Waals surface area contributed by atoms with Crippen molar-refractivity contribution >= 4 is 0 Å². The number of hydrogen-bond acceptors (Lipinski definition) is 4. The van der Waals surface area contributed by atoms with E-state index in [2.05, 4.69) is 4.90 Å². The highest BCUT2D eigenvalue weighted by Gasteiger charge is 2.25. The van der Waals surface area contributed by atoms with E-state index in [1.807, 2.05) is 0 Å². The summed E-state index contributed by atoms with van der Waals surface area (Å²) in [4.78, 5) is 2.34. The van der Waals surface area contributed by atoms with Crippen LogP contribution < -0.4 is 4.74 Å². The number of piperidine rings is 1. The van der Waals surface area contributed by atoms with Crippen LogP contribution in [0.2, 0.25) is 0 Å². The van der Waals surface area contributed by atoms with Crippen molar-refractivity contribution in [2.24, 2.45) is 0 Å². The first-order chi connectivity index (χ1) is 10.3. The average Bonchev–Trinajstić information content (AvgIpc) is 2.49. The van der Waals surface area contributed by atoms with E-state index in [4.69, 9.17) is 9.47 Å². The summed E-state index contributed by atoms with van der Waals surface area (Å²) in [5, 5.41) is 9.21. The van der Waals surface area contributed by atoms with E-state index in [0.717, 1.165) is 42.7 Å². The van der Waals surface area contributed by atoms with Gasteiger partial charge in [-0.1, -0.05) is 6.42 Å². The maximum Gasteiger partial charge on any atom is 0.189 e. The maximum absolute atomic E-state index is 13.8. The van der Waals surface area contributed by atoms with Crippen molar-refractivity contribution in [3.8, 4) is 5.75 Å². The molecule has 1 atom stereocenters. The van der Waals surface area contributed by atoms with Crippen LogP contribution in [-0.4, -0.2) is 36.0 Å². The van der Waals surface area contributed by atoms with Crippen molar-refractivity contribution in [2.75, 3.05) is 19.9 Å². The second-order valence-corrected chi connectivity index (χ2v) is 5.80. The molecule has 2 aliphatic heterocycles. The zero-order valence-corrected chi connectivity index (χ0v) is 12.2. The van der Waals surface area contributed by atoms with E-state index in [1.54, 1.807) is 6.07 Å². The van der Waals surface area contributed by atoms with Gasteiger partial charge in [-0.05, 0) is 37.9 Å². The second kappa shape index (κ2) is 6.73. The molecular formula is C16H22FNO3. The Morgan fingerprint density at radius 1 is 1.33 bits per heavy atom. The molecule has 2 aliphatic rings. The molecular weight excluding hydrogens is 273 g/mol. The first-order valence-corrected chi connectivity index (χ1v) is 7.64. The van der Waals surface area contributed by atoms with Gasteiger partial charge in [-0.25, -0.2) is 4.39 Å². The molecule has 4 nitrogen and oxygen atoms in total. The lowest BCUT2D eigenvalue weighted by Crippen LogP contribution is -2.39. The normalized spacial score (nSPS) is 22.7. The first-order valence-electron chi connectivity index (χ1n) is 7.64. The third-order valence-electron chi connectivity index (χ3n) is 4.34. The number of aliphatic hydroxyl groups is 1. The summed E-state index contributed by atoms with van der Waals surface area (Å²) < 4.78 is 24.6. The van der Waals surface area contributed by atoms with Gasteiger partial charge in [0.05, 0.1) is 6.61 Å². The number of nitrogens with zero attached hydrogens (tertiary/aromatic N) is 1. The molecule has 1 saturated heterocycles. The van der Waals surface area contributed by atoms with E-state index in [1.165, 1.54) is 12.5 Å². The van der Waals surface area contributed by atoms with E-state index in [0.29, 0.717) is 19.2 Å². The summed E-state index contributed by atoms with van der Waals surface area (Å²) in [5.74, 6) is 0.532. The summed E-state index contributed by atoms with van der Waals surface area (Å²) in [5.41, 5.74) is 1.67. The molecule has 0 saturated carbocycles. The lowest BCUT2D eigenvalue weighted by atomic mass is 9.98. The lowest BCUT2D eigenvalue weighted by Gasteiger charge is -2.36. The number of likely N-dealkylation sites (tertiary alicyclic amines) is 1. The number of hydrogen-bond donors (Lipinski definition) is 1. The number of benzene rings is 1. The minimum absolute atomic E-state index is 0.201. The molecule has 2 heterocycles. The monoisotopic (exact) mass is 295 g/mol. The van der Waals surface area contributed by atoms with Crippen molar-refractivity contribution in [2.45, 2.75) is 44.9 Å². The van der Waals surface area contributed by atoms with Crippen molar-refractivity contribution in [1.29, 1.82) is 0 Å². The summed E-state index contributed by atoms with van der Waals surface area (Å²) in [6.07, 6.45) is 4.24. The molecule has 1 aromatic rings. The fraction of sp³-hybridized carbons (Fsp3) is 0.625. The van der Waals surface area contributed by atoms with Crippen molar-refractivity contribution < 1.29 is 19.0 Å². The van der Waals surface area contributed by atoms with Gasteiger partial charge in [-0.2, -0.15) is 0 Å². The highest BCUT2D eigenvalue weighted by molar-refractivity contribution is 5.42. The van der Waals surface area contributed by atoms with Crippen LogP contribution in [0.1, 0.15) is 36.8 Å². The molecule has 5 heteroatoms. The molecule has 0 aromatic heterocycles. The van der Waals surface area contributed by atoms with Crippen LogP contribution in [-0.2, 0) is 17.9 Å². The zero-order chi connectivity index (χ0) is 14.7. The Kier molecular flexibility index (Phi) is 4.73. The van der Waals surface area contributed by atoms with Crippen LogP contribution in [0.15, 0.2) is 12.1 Å². The molecule has 3 rings (SSSR count).